The molecule has 4 nitrogen and oxygen atoms in total. The number of aliphatic carboxylic acids is 1. The van der Waals surface area contributed by atoms with Crippen LogP contribution in [-0.4, -0.2) is 26.4 Å². The Kier molecular flexibility index (Phi) is 4.27. The van der Waals surface area contributed by atoms with Crippen molar-refractivity contribution in [2.75, 3.05) is 5.75 Å². The van der Waals surface area contributed by atoms with Gasteiger partial charge in [-0.1, -0.05) is 36.9 Å². The number of hydrogen-bond donors (Lipinski definition) is 1. The molecule has 0 saturated heterocycles. The number of aryl methyl sites for hydroxylation is 2. The second-order valence-electron chi connectivity index (χ2n) is 4.20. The summed E-state index contributed by atoms with van der Waals surface area (Å²) in [6, 6.07) is 6.19. The number of carbonyl (C=O) groups is 1. The minimum absolute atomic E-state index is 0.0182. The molecule has 5 heteroatoms. The van der Waals surface area contributed by atoms with Gasteiger partial charge in [0, 0.05) is 12.4 Å². The molecule has 0 radical (unpaired) electrons. The number of aromatic nitrogens is 2. The largest absolute Gasteiger partial charge is 0.481 e. The fraction of sp³-hybridized carbons (Fsp3) is 0.286. The summed E-state index contributed by atoms with van der Waals surface area (Å²) in [4.78, 5) is 14.9. The molecular formula is C14H16N2O2S. The maximum absolute atomic E-state index is 10.7. The first kappa shape index (κ1) is 13.7. The van der Waals surface area contributed by atoms with E-state index in [1.54, 1.807) is 6.20 Å². The standard InChI is InChI=1S/C14H16N2O2S/c1-3-11-6-4-5-10(2)13(11)16-8-7-15-14(16)19-9-12(17)18/h4-8H,3,9H2,1-2H3,(H,17,18). The van der Waals surface area contributed by atoms with Crippen molar-refractivity contribution in [2.24, 2.45) is 0 Å². The second kappa shape index (κ2) is 5.93. The van der Waals surface area contributed by atoms with Crippen molar-refractivity contribution in [1.29, 1.82) is 0 Å². The van der Waals surface area contributed by atoms with Crippen molar-refractivity contribution in [3.63, 3.8) is 0 Å². The fourth-order valence-corrected chi connectivity index (χ4v) is 2.72. The molecule has 0 bridgehead atoms. The van der Waals surface area contributed by atoms with Gasteiger partial charge in [0.15, 0.2) is 5.16 Å². The van der Waals surface area contributed by atoms with Gasteiger partial charge in [-0.2, -0.15) is 0 Å². The summed E-state index contributed by atoms with van der Waals surface area (Å²) in [6.07, 6.45) is 4.51. The molecule has 0 fully saturated rings. The molecular weight excluding hydrogens is 260 g/mol. The first-order valence-corrected chi connectivity index (χ1v) is 7.08. The van der Waals surface area contributed by atoms with Gasteiger partial charge in [-0.3, -0.25) is 9.36 Å². The highest BCUT2D eigenvalue weighted by molar-refractivity contribution is 7.99. The van der Waals surface area contributed by atoms with Crippen LogP contribution in [0.25, 0.3) is 5.69 Å². The highest BCUT2D eigenvalue weighted by atomic mass is 32.2. The topological polar surface area (TPSA) is 55.1 Å². The molecule has 0 aliphatic rings. The predicted molar refractivity (Wildman–Crippen MR) is 76.0 cm³/mol. The molecule has 19 heavy (non-hydrogen) atoms. The molecule has 0 aliphatic heterocycles. The molecule has 0 spiro atoms. The van der Waals surface area contributed by atoms with Gasteiger partial charge < -0.3 is 5.11 Å². The Bertz CT molecular complexity index is 593. The molecule has 0 aliphatic carbocycles. The van der Waals surface area contributed by atoms with E-state index in [0.717, 1.165) is 17.7 Å². The third kappa shape index (κ3) is 2.98. The Morgan fingerprint density at radius 1 is 1.47 bits per heavy atom. The number of carboxylic acids is 1. The van der Waals surface area contributed by atoms with Crippen molar-refractivity contribution in [3.8, 4) is 5.69 Å². The van der Waals surface area contributed by atoms with Gasteiger partial charge in [0.05, 0.1) is 11.4 Å². The highest BCUT2D eigenvalue weighted by Gasteiger charge is 2.12. The van der Waals surface area contributed by atoms with E-state index in [0.29, 0.717) is 5.16 Å². The molecule has 2 rings (SSSR count). The van der Waals surface area contributed by atoms with E-state index in [1.165, 1.54) is 17.3 Å². The van der Waals surface area contributed by atoms with Crippen molar-refractivity contribution >= 4 is 17.7 Å². The van der Waals surface area contributed by atoms with Crippen molar-refractivity contribution in [2.45, 2.75) is 25.4 Å². The van der Waals surface area contributed by atoms with Crippen LogP contribution in [0.4, 0.5) is 0 Å². The molecule has 0 saturated carbocycles. The number of carboxylic acid groups (broad SMARTS) is 1. The molecule has 1 N–H and O–H groups in total. The van der Waals surface area contributed by atoms with E-state index in [-0.39, 0.29) is 5.75 Å². The van der Waals surface area contributed by atoms with Crippen LogP contribution in [-0.2, 0) is 11.2 Å². The molecule has 1 heterocycles. The third-order valence-electron chi connectivity index (χ3n) is 2.87. The number of nitrogens with zero attached hydrogens (tertiary/aromatic N) is 2. The van der Waals surface area contributed by atoms with Crippen LogP contribution in [0.2, 0.25) is 0 Å². The Morgan fingerprint density at radius 3 is 2.95 bits per heavy atom. The van der Waals surface area contributed by atoms with E-state index in [9.17, 15) is 4.79 Å². The van der Waals surface area contributed by atoms with Crippen LogP contribution in [0.3, 0.4) is 0 Å². The van der Waals surface area contributed by atoms with E-state index in [4.69, 9.17) is 5.11 Å². The second-order valence-corrected chi connectivity index (χ2v) is 5.14. The first-order chi connectivity index (χ1) is 9.13. The normalized spacial score (nSPS) is 10.6. The number of imidazole rings is 1. The molecule has 100 valence electrons. The SMILES string of the molecule is CCc1cccc(C)c1-n1ccnc1SCC(=O)O. The van der Waals surface area contributed by atoms with E-state index in [1.807, 2.05) is 16.8 Å². The number of hydrogen-bond acceptors (Lipinski definition) is 3. The van der Waals surface area contributed by atoms with Crippen molar-refractivity contribution < 1.29 is 9.90 Å². The van der Waals surface area contributed by atoms with E-state index >= 15 is 0 Å². The number of rotatable bonds is 5. The Morgan fingerprint density at radius 2 is 2.26 bits per heavy atom. The van der Waals surface area contributed by atoms with Crippen LogP contribution in [0, 0.1) is 6.92 Å². The number of benzene rings is 1. The van der Waals surface area contributed by atoms with Gasteiger partial charge in [0.25, 0.3) is 0 Å². The van der Waals surface area contributed by atoms with Gasteiger partial charge in [-0.15, -0.1) is 0 Å². The Labute approximate surface area is 116 Å². The zero-order valence-corrected chi connectivity index (χ0v) is 11.8. The minimum atomic E-state index is -0.833. The summed E-state index contributed by atoms with van der Waals surface area (Å²) in [6.45, 7) is 4.17. The summed E-state index contributed by atoms with van der Waals surface area (Å²) in [5.41, 5.74) is 3.50. The van der Waals surface area contributed by atoms with Gasteiger partial charge in [-0.05, 0) is 24.5 Å². The lowest BCUT2D eigenvalue weighted by Crippen LogP contribution is -2.04. The lowest BCUT2D eigenvalue weighted by molar-refractivity contribution is -0.133. The van der Waals surface area contributed by atoms with E-state index in [2.05, 4.69) is 31.0 Å². The zero-order valence-electron chi connectivity index (χ0n) is 11.0. The molecule has 0 atom stereocenters. The average Bonchev–Trinajstić information content (AvgIpc) is 2.83. The fourth-order valence-electron chi connectivity index (χ4n) is 2.04. The Hall–Kier alpha value is -1.75. The summed E-state index contributed by atoms with van der Waals surface area (Å²) in [5.74, 6) is -0.815. The van der Waals surface area contributed by atoms with Gasteiger partial charge in [0.2, 0.25) is 0 Å². The van der Waals surface area contributed by atoms with Gasteiger partial charge in [0.1, 0.15) is 0 Å². The minimum Gasteiger partial charge on any atom is -0.481 e. The summed E-state index contributed by atoms with van der Waals surface area (Å²) < 4.78 is 1.97. The number of para-hydroxylation sites is 1. The third-order valence-corrected chi connectivity index (χ3v) is 3.83. The van der Waals surface area contributed by atoms with Crippen LogP contribution < -0.4 is 0 Å². The monoisotopic (exact) mass is 276 g/mol. The lowest BCUT2D eigenvalue weighted by atomic mass is 10.1. The van der Waals surface area contributed by atoms with Gasteiger partial charge >= 0.3 is 5.97 Å². The van der Waals surface area contributed by atoms with Gasteiger partial charge in [-0.25, -0.2) is 4.98 Å². The van der Waals surface area contributed by atoms with Crippen LogP contribution >= 0.6 is 11.8 Å². The maximum Gasteiger partial charge on any atom is 0.313 e. The van der Waals surface area contributed by atoms with Crippen LogP contribution in [0.5, 0.6) is 0 Å². The summed E-state index contributed by atoms with van der Waals surface area (Å²) in [7, 11) is 0. The average molecular weight is 276 g/mol. The van der Waals surface area contributed by atoms with Crippen LogP contribution in [0.1, 0.15) is 18.1 Å². The van der Waals surface area contributed by atoms with Crippen molar-refractivity contribution in [1.82, 2.24) is 9.55 Å². The van der Waals surface area contributed by atoms with Crippen LogP contribution in [0.15, 0.2) is 35.7 Å². The first-order valence-electron chi connectivity index (χ1n) is 6.10. The molecule has 1 aromatic carbocycles. The van der Waals surface area contributed by atoms with E-state index < -0.39 is 5.97 Å². The zero-order chi connectivity index (χ0) is 13.8. The lowest BCUT2D eigenvalue weighted by Gasteiger charge is -2.14. The quantitative estimate of drug-likeness (QED) is 0.853. The molecule has 2 aromatic rings. The highest BCUT2D eigenvalue weighted by Crippen LogP contribution is 2.25. The molecule has 1 aromatic heterocycles. The molecule has 0 amide bonds. The predicted octanol–water partition coefficient (Wildman–Crippen LogP) is 2.92. The number of thioether (sulfide) groups is 1. The smallest absolute Gasteiger partial charge is 0.313 e. The summed E-state index contributed by atoms with van der Waals surface area (Å²) >= 11 is 1.24. The Balaban J connectivity index is 2.42. The van der Waals surface area contributed by atoms with Crippen molar-refractivity contribution in [3.05, 3.63) is 41.7 Å². The molecule has 0 unspecified atom stereocenters. The summed E-state index contributed by atoms with van der Waals surface area (Å²) in [5, 5.41) is 9.49. The maximum atomic E-state index is 10.7.